The van der Waals surface area contributed by atoms with Gasteiger partial charge >= 0.3 is 5.69 Å². The van der Waals surface area contributed by atoms with Crippen LogP contribution in [0.15, 0.2) is 6.33 Å². The van der Waals surface area contributed by atoms with E-state index in [9.17, 15) is 10.1 Å². The zero-order valence-electron chi connectivity index (χ0n) is 12.3. The van der Waals surface area contributed by atoms with Crippen molar-refractivity contribution in [3.05, 3.63) is 16.4 Å². The van der Waals surface area contributed by atoms with Crippen molar-refractivity contribution in [1.29, 1.82) is 0 Å². The molecule has 0 atom stereocenters. The van der Waals surface area contributed by atoms with E-state index < -0.39 is 4.92 Å². The highest BCUT2D eigenvalue weighted by molar-refractivity contribution is 5.68. The minimum atomic E-state index is -0.570. The Bertz CT molecular complexity index is 447. The molecule has 0 aliphatic rings. The van der Waals surface area contributed by atoms with Crippen molar-refractivity contribution < 1.29 is 14.4 Å². The predicted octanol–water partition coefficient (Wildman–Crippen LogP) is 0.846. The second kappa shape index (κ2) is 9.03. The Morgan fingerprint density at radius 3 is 2.29 bits per heavy atom. The van der Waals surface area contributed by atoms with Crippen LogP contribution in [0.25, 0.3) is 0 Å². The molecule has 0 bridgehead atoms. The lowest BCUT2D eigenvalue weighted by atomic mass is 10.3. The Labute approximate surface area is 123 Å². The largest absolute Gasteiger partial charge is 0.380 e. The van der Waals surface area contributed by atoms with Gasteiger partial charge in [0.15, 0.2) is 0 Å². The SMILES string of the molecule is CCOCCN(CCOCC)c1ncnc(N)c1[N+](=O)[O-]. The summed E-state index contributed by atoms with van der Waals surface area (Å²) in [4.78, 5) is 20.0. The van der Waals surface area contributed by atoms with Crippen molar-refractivity contribution in [3.8, 4) is 0 Å². The Morgan fingerprint density at radius 1 is 1.24 bits per heavy atom. The summed E-state index contributed by atoms with van der Waals surface area (Å²) in [6, 6.07) is 0. The maximum absolute atomic E-state index is 11.2. The van der Waals surface area contributed by atoms with Gasteiger partial charge in [-0.25, -0.2) is 9.97 Å². The second-order valence-electron chi connectivity index (χ2n) is 4.07. The zero-order chi connectivity index (χ0) is 15.7. The third kappa shape index (κ3) is 5.12. The average molecular weight is 299 g/mol. The van der Waals surface area contributed by atoms with E-state index in [-0.39, 0.29) is 17.3 Å². The molecular formula is C12H21N5O4. The molecule has 0 aliphatic heterocycles. The summed E-state index contributed by atoms with van der Waals surface area (Å²) < 4.78 is 10.6. The van der Waals surface area contributed by atoms with Gasteiger partial charge < -0.3 is 20.1 Å². The molecule has 0 aliphatic carbocycles. The number of hydrogen-bond acceptors (Lipinski definition) is 8. The van der Waals surface area contributed by atoms with Gasteiger partial charge in [-0.3, -0.25) is 10.1 Å². The van der Waals surface area contributed by atoms with Crippen LogP contribution >= 0.6 is 0 Å². The van der Waals surface area contributed by atoms with Gasteiger partial charge in [0.05, 0.1) is 18.1 Å². The summed E-state index contributed by atoms with van der Waals surface area (Å²) in [5.41, 5.74) is 5.30. The second-order valence-corrected chi connectivity index (χ2v) is 4.07. The van der Waals surface area contributed by atoms with Gasteiger partial charge in [0.1, 0.15) is 6.33 Å². The van der Waals surface area contributed by atoms with Gasteiger partial charge in [0.2, 0.25) is 11.6 Å². The summed E-state index contributed by atoms with van der Waals surface area (Å²) >= 11 is 0. The predicted molar refractivity (Wildman–Crippen MR) is 78.3 cm³/mol. The number of hydrogen-bond donors (Lipinski definition) is 1. The summed E-state index contributed by atoms with van der Waals surface area (Å²) in [7, 11) is 0. The fraction of sp³-hybridized carbons (Fsp3) is 0.667. The van der Waals surface area contributed by atoms with Crippen molar-refractivity contribution in [3.63, 3.8) is 0 Å². The molecule has 1 rings (SSSR count). The van der Waals surface area contributed by atoms with E-state index in [4.69, 9.17) is 15.2 Å². The maximum Gasteiger partial charge on any atom is 0.353 e. The molecule has 0 unspecified atom stereocenters. The fourth-order valence-corrected chi connectivity index (χ4v) is 1.75. The summed E-state index contributed by atoms with van der Waals surface area (Å²) in [5, 5.41) is 11.2. The van der Waals surface area contributed by atoms with Crippen molar-refractivity contribution >= 4 is 17.3 Å². The lowest BCUT2D eigenvalue weighted by molar-refractivity contribution is -0.383. The Kier molecular flexibility index (Phi) is 7.33. The van der Waals surface area contributed by atoms with Crippen LogP contribution in [0.2, 0.25) is 0 Å². The van der Waals surface area contributed by atoms with Crippen molar-refractivity contribution in [1.82, 2.24) is 9.97 Å². The highest BCUT2D eigenvalue weighted by Gasteiger charge is 2.25. The van der Waals surface area contributed by atoms with Crippen LogP contribution in [0.3, 0.4) is 0 Å². The van der Waals surface area contributed by atoms with Crippen LogP contribution in [-0.2, 0) is 9.47 Å². The third-order valence-corrected chi connectivity index (χ3v) is 2.73. The highest BCUT2D eigenvalue weighted by atomic mass is 16.6. The quantitative estimate of drug-likeness (QED) is 0.384. The number of nitrogens with two attached hydrogens (primary N) is 1. The van der Waals surface area contributed by atoms with E-state index >= 15 is 0 Å². The van der Waals surface area contributed by atoms with Crippen LogP contribution in [-0.4, -0.2) is 54.4 Å². The molecule has 118 valence electrons. The van der Waals surface area contributed by atoms with E-state index in [0.717, 1.165) is 0 Å². The lowest BCUT2D eigenvalue weighted by Crippen LogP contribution is -2.32. The smallest absolute Gasteiger partial charge is 0.353 e. The van der Waals surface area contributed by atoms with Crippen LogP contribution in [0.1, 0.15) is 13.8 Å². The molecule has 0 amide bonds. The molecule has 0 saturated heterocycles. The number of aromatic nitrogens is 2. The third-order valence-electron chi connectivity index (χ3n) is 2.73. The maximum atomic E-state index is 11.2. The first kappa shape index (κ1) is 17.1. The average Bonchev–Trinajstić information content (AvgIpc) is 2.45. The normalized spacial score (nSPS) is 10.6. The molecular weight excluding hydrogens is 278 g/mol. The number of ether oxygens (including phenoxy) is 2. The summed E-state index contributed by atoms with van der Waals surface area (Å²) in [5.74, 6) is 0.0368. The first-order chi connectivity index (χ1) is 10.1. The molecule has 0 aromatic carbocycles. The number of nitrogens with zero attached hydrogens (tertiary/aromatic N) is 4. The highest BCUT2D eigenvalue weighted by Crippen LogP contribution is 2.29. The molecule has 0 fully saturated rings. The van der Waals surface area contributed by atoms with Gasteiger partial charge in [-0.2, -0.15) is 0 Å². The minimum Gasteiger partial charge on any atom is -0.380 e. The van der Waals surface area contributed by atoms with Gasteiger partial charge in [0, 0.05) is 26.3 Å². The Morgan fingerprint density at radius 2 is 1.81 bits per heavy atom. The number of nitrogen functional groups attached to an aromatic ring is 1. The zero-order valence-corrected chi connectivity index (χ0v) is 12.3. The van der Waals surface area contributed by atoms with E-state index in [2.05, 4.69) is 9.97 Å². The number of rotatable bonds is 10. The van der Waals surface area contributed by atoms with Crippen LogP contribution < -0.4 is 10.6 Å². The van der Waals surface area contributed by atoms with E-state index in [0.29, 0.717) is 39.5 Å². The molecule has 9 nitrogen and oxygen atoms in total. The molecule has 0 spiro atoms. The summed E-state index contributed by atoms with van der Waals surface area (Å²) in [6.07, 6.45) is 1.21. The molecule has 2 N–H and O–H groups in total. The standard InChI is InChI=1S/C12H21N5O4/c1-3-20-7-5-16(6-8-21-4-2)12-10(17(18)19)11(13)14-9-15-12/h9H,3-8H2,1-2H3,(H2,13,14,15). The van der Waals surface area contributed by atoms with Crippen LogP contribution in [0, 0.1) is 10.1 Å². The lowest BCUT2D eigenvalue weighted by Gasteiger charge is -2.23. The van der Waals surface area contributed by atoms with Gasteiger partial charge in [0.25, 0.3) is 0 Å². The minimum absolute atomic E-state index is 0.150. The molecule has 9 heteroatoms. The Hall–Kier alpha value is -2.00. The van der Waals surface area contributed by atoms with Crippen LogP contribution in [0.4, 0.5) is 17.3 Å². The molecule has 0 radical (unpaired) electrons. The molecule has 21 heavy (non-hydrogen) atoms. The monoisotopic (exact) mass is 299 g/mol. The van der Waals surface area contributed by atoms with Gasteiger partial charge in [-0.1, -0.05) is 0 Å². The van der Waals surface area contributed by atoms with Gasteiger partial charge in [-0.05, 0) is 13.8 Å². The number of nitro groups is 1. The van der Waals surface area contributed by atoms with Crippen LogP contribution in [0.5, 0.6) is 0 Å². The molecule has 0 saturated carbocycles. The topological polar surface area (TPSA) is 117 Å². The molecule has 1 aromatic heterocycles. The van der Waals surface area contributed by atoms with Gasteiger partial charge in [-0.15, -0.1) is 0 Å². The first-order valence-electron chi connectivity index (χ1n) is 6.77. The van der Waals surface area contributed by atoms with Crippen molar-refractivity contribution in [2.24, 2.45) is 0 Å². The van der Waals surface area contributed by atoms with Crippen molar-refractivity contribution in [2.45, 2.75) is 13.8 Å². The number of anilines is 2. The molecule has 1 aromatic rings. The Balaban J connectivity index is 2.95. The van der Waals surface area contributed by atoms with E-state index in [1.807, 2.05) is 13.8 Å². The summed E-state index contributed by atoms with van der Waals surface area (Å²) in [6.45, 7) is 6.70. The van der Waals surface area contributed by atoms with E-state index in [1.165, 1.54) is 6.33 Å². The molecule has 1 heterocycles. The fourth-order valence-electron chi connectivity index (χ4n) is 1.75. The first-order valence-corrected chi connectivity index (χ1v) is 6.77. The van der Waals surface area contributed by atoms with Crippen molar-refractivity contribution in [2.75, 3.05) is 50.2 Å². The van der Waals surface area contributed by atoms with E-state index in [1.54, 1.807) is 4.90 Å².